The van der Waals surface area contributed by atoms with Crippen molar-refractivity contribution in [2.45, 2.75) is 97.3 Å². The molecule has 0 aliphatic carbocycles. The van der Waals surface area contributed by atoms with E-state index in [0.717, 1.165) is 18.7 Å². The number of carbonyl (C=O) groups excluding carboxylic acids is 1. The van der Waals surface area contributed by atoms with E-state index in [1.165, 1.54) is 77.0 Å². The summed E-state index contributed by atoms with van der Waals surface area (Å²) in [7, 11) is 0. The molecule has 0 aromatic carbocycles. The van der Waals surface area contributed by atoms with Gasteiger partial charge in [0.05, 0.1) is 5.75 Å². The van der Waals surface area contributed by atoms with Gasteiger partial charge in [-0.2, -0.15) is 11.8 Å². The van der Waals surface area contributed by atoms with E-state index in [9.17, 15) is 4.79 Å². The third kappa shape index (κ3) is 17.9. The average molecular weight is 330 g/mol. The summed E-state index contributed by atoms with van der Waals surface area (Å²) >= 11 is 1.78. The van der Waals surface area contributed by atoms with Gasteiger partial charge in [0.2, 0.25) is 5.91 Å². The van der Waals surface area contributed by atoms with Crippen LogP contribution in [0.15, 0.2) is 0 Å². The Kier molecular flexibility index (Phi) is 18.7. The Balaban J connectivity index is 3.04. The third-order valence-corrected chi connectivity index (χ3v) is 4.99. The highest BCUT2D eigenvalue weighted by molar-refractivity contribution is 7.99. The molecular formula is C19H39NOS. The van der Waals surface area contributed by atoms with Crippen molar-refractivity contribution in [1.82, 2.24) is 5.32 Å². The number of thioether (sulfide) groups is 1. The predicted octanol–water partition coefficient (Wildman–Crippen LogP) is 5.95. The first-order valence-electron chi connectivity index (χ1n) is 9.65. The summed E-state index contributed by atoms with van der Waals surface area (Å²) in [4.78, 5) is 11.4. The van der Waals surface area contributed by atoms with E-state index in [1.54, 1.807) is 11.8 Å². The van der Waals surface area contributed by atoms with Gasteiger partial charge in [-0.3, -0.25) is 4.79 Å². The second kappa shape index (κ2) is 18.9. The van der Waals surface area contributed by atoms with Gasteiger partial charge in [0.25, 0.3) is 0 Å². The topological polar surface area (TPSA) is 29.1 Å². The molecule has 0 unspecified atom stereocenters. The van der Waals surface area contributed by atoms with Gasteiger partial charge in [-0.25, -0.2) is 0 Å². The molecule has 3 heteroatoms. The fourth-order valence-corrected chi connectivity index (χ4v) is 3.37. The maximum absolute atomic E-state index is 11.4. The highest BCUT2D eigenvalue weighted by Crippen LogP contribution is 2.13. The molecule has 0 saturated heterocycles. The summed E-state index contributed by atoms with van der Waals surface area (Å²) in [5, 5.41) is 2.92. The minimum atomic E-state index is 0.200. The summed E-state index contributed by atoms with van der Waals surface area (Å²) < 4.78 is 0. The molecule has 0 aliphatic rings. The first kappa shape index (κ1) is 21.8. The molecule has 0 spiro atoms. The van der Waals surface area contributed by atoms with Crippen molar-refractivity contribution in [3.05, 3.63) is 0 Å². The molecule has 0 rings (SSSR count). The fraction of sp³-hybridized carbons (Fsp3) is 0.947. The van der Waals surface area contributed by atoms with Crippen molar-refractivity contribution in [3.8, 4) is 0 Å². The lowest BCUT2D eigenvalue weighted by Crippen LogP contribution is -2.25. The van der Waals surface area contributed by atoms with Crippen LogP contribution in [0.1, 0.15) is 97.3 Å². The van der Waals surface area contributed by atoms with Crippen LogP contribution < -0.4 is 5.32 Å². The van der Waals surface area contributed by atoms with Gasteiger partial charge in [-0.05, 0) is 18.6 Å². The Labute approximate surface area is 143 Å². The summed E-state index contributed by atoms with van der Waals surface area (Å²) in [5.41, 5.74) is 0. The first-order chi connectivity index (χ1) is 10.8. The Bertz CT molecular complexity index is 233. The highest BCUT2D eigenvalue weighted by Gasteiger charge is 1.99. The zero-order valence-corrected chi connectivity index (χ0v) is 15.9. The van der Waals surface area contributed by atoms with E-state index in [4.69, 9.17) is 0 Å². The second-order valence-corrected chi connectivity index (χ2v) is 7.40. The molecule has 0 heterocycles. The second-order valence-electron chi connectivity index (χ2n) is 6.29. The van der Waals surface area contributed by atoms with Crippen LogP contribution in [0.3, 0.4) is 0 Å². The van der Waals surface area contributed by atoms with Crippen molar-refractivity contribution in [1.29, 1.82) is 0 Å². The van der Waals surface area contributed by atoms with Crippen molar-refractivity contribution in [2.24, 2.45) is 0 Å². The summed E-state index contributed by atoms with van der Waals surface area (Å²) in [5.74, 6) is 1.97. The maximum Gasteiger partial charge on any atom is 0.229 e. The molecule has 1 N–H and O–H groups in total. The normalized spacial score (nSPS) is 10.8. The molecule has 0 saturated carbocycles. The van der Waals surface area contributed by atoms with Crippen LogP contribution in [0.4, 0.5) is 0 Å². The number of hydrogen-bond donors (Lipinski definition) is 1. The summed E-state index contributed by atoms with van der Waals surface area (Å²) in [6.07, 6.45) is 17.8. The van der Waals surface area contributed by atoms with Gasteiger partial charge < -0.3 is 5.32 Å². The smallest absolute Gasteiger partial charge is 0.229 e. The monoisotopic (exact) mass is 329 g/mol. The molecule has 22 heavy (non-hydrogen) atoms. The number of carbonyl (C=O) groups is 1. The van der Waals surface area contributed by atoms with Crippen molar-refractivity contribution in [3.63, 3.8) is 0 Å². The van der Waals surface area contributed by atoms with Crippen LogP contribution in [-0.4, -0.2) is 24.0 Å². The highest BCUT2D eigenvalue weighted by atomic mass is 32.2. The minimum Gasteiger partial charge on any atom is -0.355 e. The van der Waals surface area contributed by atoms with Gasteiger partial charge in [-0.15, -0.1) is 0 Å². The van der Waals surface area contributed by atoms with Gasteiger partial charge in [-0.1, -0.05) is 84.5 Å². The predicted molar refractivity (Wildman–Crippen MR) is 102 cm³/mol. The first-order valence-corrected chi connectivity index (χ1v) is 10.8. The van der Waals surface area contributed by atoms with Crippen LogP contribution in [0, 0.1) is 0 Å². The Morgan fingerprint density at radius 1 is 0.727 bits per heavy atom. The number of nitrogens with one attached hydrogen (secondary N) is 1. The number of hydrogen-bond acceptors (Lipinski definition) is 2. The SMILES string of the molecule is CCCCCCCCCCCCCCSCC(=O)NCCC. The molecule has 0 radical (unpaired) electrons. The van der Waals surface area contributed by atoms with Gasteiger partial charge >= 0.3 is 0 Å². The maximum atomic E-state index is 11.4. The van der Waals surface area contributed by atoms with Crippen molar-refractivity contribution in [2.75, 3.05) is 18.1 Å². The van der Waals surface area contributed by atoms with Crippen LogP contribution in [0.25, 0.3) is 0 Å². The zero-order valence-electron chi connectivity index (χ0n) is 15.1. The van der Waals surface area contributed by atoms with E-state index < -0.39 is 0 Å². The molecule has 0 fully saturated rings. The van der Waals surface area contributed by atoms with Gasteiger partial charge in [0, 0.05) is 6.54 Å². The lowest BCUT2D eigenvalue weighted by molar-refractivity contribution is -0.118. The Morgan fingerprint density at radius 3 is 1.73 bits per heavy atom. The molecular weight excluding hydrogens is 290 g/mol. The van der Waals surface area contributed by atoms with E-state index >= 15 is 0 Å². The third-order valence-electron chi connectivity index (χ3n) is 3.95. The van der Waals surface area contributed by atoms with E-state index in [0.29, 0.717) is 5.75 Å². The zero-order chi connectivity index (χ0) is 16.3. The molecule has 2 nitrogen and oxygen atoms in total. The number of unbranched alkanes of at least 4 members (excludes halogenated alkanes) is 11. The lowest BCUT2D eigenvalue weighted by Gasteiger charge is -2.04. The fourth-order valence-electron chi connectivity index (χ4n) is 2.53. The molecule has 1 amide bonds. The quantitative estimate of drug-likeness (QED) is 0.334. The van der Waals surface area contributed by atoms with E-state index in [1.807, 2.05) is 0 Å². The molecule has 0 bridgehead atoms. The lowest BCUT2D eigenvalue weighted by atomic mass is 10.1. The van der Waals surface area contributed by atoms with Crippen LogP contribution in [0.5, 0.6) is 0 Å². The Hall–Kier alpha value is -0.180. The van der Waals surface area contributed by atoms with Crippen molar-refractivity contribution >= 4 is 17.7 Å². The van der Waals surface area contributed by atoms with E-state index in [2.05, 4.69) is 19.2 Å². The number of rotatable bonds is 17. The van der Waals surface area contributed by atoms with Gasteiger partial charge in [0.1, 0.15) is 0 Å². The minimum absolute atomic E-state index is 0.200. The molecule has 0 atom stereocenters. The van der Waals surface area contributed by atoms with Gasteiger partial charge in [0.15, 0.2) is 0 Å². The standard InChI is InChI=1S/C19H39NOS/c1-3-5-6-7-8-9-10-11-12-13-14-15-17-22-18-19(21)20-16-4-2/h3-18H2,1-2H3,(H,20,21). The molecule has 0 aromatic rings. The summed E-state index contributed by atoms with van der Waals surface area (Å²) in [6, 6.07) is 0. The molecule has 132 valence electrons. The Morgan fingerprint density at radius 2 is 1.23 bits per heavy atom. The molecule has 0 aromatic heterocycles. The van der Waals surface area contributed by atoms with Crippen LogP contribution >= 0.6 is 11.8 Å². The average Bonchev–Trinajstić information content (AvgIpc) is 2.53. The van der Waals surface area contributed by atoms with Crippen LogP contribution in [-0.2, 0) is 4.79 Å². The molecule has 0 aliphatic heterocycles. The number of amides is 1. The van der Waals surface area contributed by atoms with Crippen molar-refractivity contribution < 1.29 is 4.79 Å². The largest absolute Gasteiger partial charge is 0.355 e. The summed E-state index contributed by atoms with van der Waals surface area (Å²) in [6.45, 7) is 5.18. The van der Waals surface area contributed by atoms with Crippen LogP contribution in [0.2, 0.25) is 0 Å². The van der Waals surface area contributed by atoms with E-state index in [-0.39, 0.29) is 5.91 Å².